The highest BCUT2D eigenvalue weighted by Crippen LogP contribution is 2.16. The Bertz CT molecular complexity index is 1130. The topological polar surface area (TPSA) is 195 Å². The minimum Gasteiger partial charge on any atom is -0.480 e. The van der Waals surface area contributed by atoms with Gasteiger partial charge in [0.15, 0.2) is 0 Å². The average Bonchev–Trinajstić information content (AvgIpc) is 2.95. The van der Waals surface area contributed by atoms with Gasteiger partial charge in [0, 0.05) is 43.6 Å². The predicted molar refractivity (Wildman–Crippen MR) is 146 cm³/mol. The van der Waals surface area contributed by atoms with Gasteiger partial charge in [0.05, 0.1) is 38.0 Å². The quantitative estimate of drug-likeness (QED) is 0.102. The largest absolute Gasteiger partial charge is 0.480 e. The predicted octanol–water partition coefficient (Wildman–Crippen LogP) is 1.29. The van der Waals surface area contributed by atoms with Crippen LogP contribution >= 0.6 is 0 Å². The monoisotopic (exact) mass is 574 g/mol. The van der Waals surface area contributed by atoms with Crippen molar-refractivity contribution in [2.75, 3.05) is 51.5 Å². The number of nitrogens with zero attached hydrogens (tertiary/aromatic N) is 1. The smallest absolute Gasteiger partial charge is 0.329 e. The van der Waals surface area contributed by atoms with E-state index < -0.39 is 28.7 Å². The molecule has 14 heteroatoms. The van der Waals surface area contributed by atoms with Crippen molar-refractivity contribution in [3.05, 3.63) is 70.3 Å². The second kappa shape index (κ2) is 18.8. The van der Waals surface area contributed by atoms with Gasteiger partial charge in [-0.2, -0.15) is 0 Å². The molecule has 0 fully saturated rings. The summed E-state index contributed by atoms with van der Waals surface area (Å²) in [5, 5.41) is 27.3. The normalized spacial score (nSPS) is 11.3. The lowest BCUT2D eigenvalue weighted by Gasteiger charge is -2.19. The van der Waals surface area contributed by atoms with E-state index in [0.29, 0.717) is 5.69 Å². The molecule has 0 aliphatic rings. The summed E-state index contributed by atoms with van der Waals surface area (Å²) in [7, 11) is 0. The van der Waals surface area contributed by atoms with Crippen molar-refractivity contribution < 1.29 is 43.4 Å². The van der Waals surface area contributed by atoms with E-state index in [1.54, 1.807) is 0 Å². The van der Waals surface area contributed by atoms with Gasteiger partial charge in [-0.15, -0.1) is 0 Å². The summed E-state index contributed by atoms with van der Waals surface area (Å²) in [6, 6.07) is 13.5. The van der Waals surface area contributed by atoms with Crippen molar-refractivity contribution in [1.82, 2.24) is 10.6 Å². The maximum Gasteiger partial charge on any atom is 0.329 e. The van der Waals surface area contributed by atoms with E-state index in [9.17, 15) is 29.3 Å². The van der Waals surface area contributed by atoms with Crippen molar-refractivity contribution in [2.45, 2.75) is 25.3 Å². The number of benzene rings is 2. The van der Waals surface area contributed by atoms with E-state index in [0.717, 1.165) is 5.56 Å². The second-order valence-electron chi connectivity index (χ2n) is 8.62. The summed E-state index contributed by atoms with van der Waals surface area (Å²) in [6.07, 6.45) is -0.0259. The highest BCUT2D eigenvalue weighted by atomic mass is 16.6. The standard InChI is InChI=1S/C27H34N4O10/c32-24(28-12-13-39-14-15-40-16-17-41-19-26(34)35)10-11-25(33)30-23(18-20-4-2-1-3-5-20)27(36)29-21-6-8-22(9-7-21)31(37)38/h1-9,23H,10-19H2,(H,28,32)(H,29,36)(H,30,33)(H,34,35)/t23-/m0/s1. The van der Waals surface area contributed by atoms with Crippen LogP contribution in [-0.2, 0) is 39.8 Å². The molecule has 0 aliphatic heterocycles. The average molecular weight is 575 g/mol. The van der Waals surface area contributed by atoms with Crippen LogP contribution in [0.4, 0.5) is 11.4 Å². The molecule has 41 heavy (non-hydrogen) atoms. The van der Waals surface area contributed by atoms with Crippen LogP contribution in [0.25, 0.3) is 0 Å². The fourth-order valence-electron chi connectivity index (χ4n) is 3.40. The van der Waals surface area contributed by atoms with E-state index in [4.69, 9.17) is 19.3 Å². The molecule has 1 atom stereocenters. The van der Waals surface area contributed by atoms with Crippen molar-refractivity contribution >= 4 is 35.1 Å². The Balaban J connectivity index is 1.71. The van der Waals surface area contributed by atoms with E-state index in [1.807, 2.05) is 30.3 Å². The zero-order valence-electron chi connectivity index (χ0n) is 22.4. The molecular formula is C27H34N4O10. The Morgan fingerprint density at radius 2 is 1.44 bits per heavy atom. The zero-order valence-corrected chi connectivity index (χ0v) is 22.4. The van der Waals surface area contributed by atoms with Crippen molar-refractivity contribution in [1.29, 1.82) is 0 Å². The number of nitro benzene ring substituents is 1. The SMILES string of the molecule is O=C(O)COCCOCCOCCNC(=O)CCC(=O)N[C@@H](Cc1ccccc1)C(=O)Nc1ccc([N+](=O)[O-])cc1. The number of carboxylic acids is 1. The highest BCUT2D eigenvalue weighted by molar-refractivity contribution is 5.97. The molecule has 3 amide bonds. The Kier molecular flexibility index (Phi) is 15.1. The van der Waals surface area contributed by atoms with Gasteiger partial charge in [0.25, 0.3) is 5.69 Å². The number of hydrogen-bond acceptors (Lipinski definition) is 9. The second-order valence-corrected chi connectivity index (χ2v) is 8.62. The summed E-state index contributed by atoms with van der Waals surface area (Å²) in [5.74, 6) is -2.40. The molecule has 0 unspecified atom stereocenters. The first-order chi connectivity index (χ1) is 19.7. The molecule has 0 radical (unpaired) electrons. The fourth-order valence-corrected chi connectivity index (χ4v) is 3.40. The van der Waals surface area contributed by atoms with Crippen LogP contribution in [0, 0.1) is 10.1 Å². The third kappa shape index (κ3) is 14.5. The van der Waals surface area contributed by atoms with Gasteiger partial charge in [-0.3, -0.25) is 24.5 Å². The van der Waals surface area contributed by atoms with E-state index in [1.165, 1.54) is 24.3 Å². The lowest BCUT2D eigenvalue weighted by atomic mass is 10.0. The highest BCUT2D eigenvalue weighted by Gasteiger charge is 2.22. The van der Waals surface area contributed by atoms with Crippen LogP contribution in [0.15, 0.2) is 54.6 Å². The number of anilines is 1. The summed E-state index contributed by atoms with van der Waals surface area (Å²) < 4.78 is 15.4. The lowest BCUT2D eigenvalue weighted by Crippen LogP contribution is -2.45. The number of carbonyl (C=O) groups is 4. The summed E-state index contributed by atoms with van der Waals surface area (Å²) >= 11 is 0. The Labute approximate surface area is 236 Å². The van der Waals surface area contributed by atoms with Crippen LogP contribution in [-0.4, -0.2) is 85.9 Å². The Morgan fingerprint density at radius 1 is 0.829 bits per heavy atom. The van der Waals surface area contributed by atoms with Gasteiger partial charge in [-0.1, -0.05) is 30.3 Å². The van der Waals surface area contributed by atoms with E-state index in [-0.39, 0.29) is 77.0 Å². The molecule has 2 rings (SSSR count). The van der Waals surface area contributed by atoms with Gasteiger partial charge in [-0.25, -0.2) is 4.79 Å². The molecule has 2 aromatic carbocycles. The van der Waals surface area contributed by atoms with E-state index in [2.05, 4.69) is 16.0 Å². The number of nitrogens with one attached hydrogen (secondary N) is 3. The molecule has 0 aromatic heterocycles. The Hall–Kier alpha value is -4.40. The molecule has 2 aromatic rings. The molecular weight excluding hydrogens is 540 g/mol. The van der Waals surface area contributed by atoms with E-state index >= 15 is 0 Å². The number of carboxylic acid groups (broad SMARTS) is 1. The van der Waals surface area contributed by atoms with Crippen molar-refractivity contribution in [2.24, 2.45) is 0 Å². The first-order valence-corrected chi connectivity index (χ1v) is 12.8. The minimum atomic E-state index is -1.05. The van der Waals surface area contributed by atoms with Gasteiger partial charge in [-0.05, 0) is 17.7 Å². The molecule has 14 nitrogen and oxygen atoms in total. The van der Waals surface area contributed by atoms with Crippen LogP contribution < -0.4 is 16.0 Å². The summed E-state index contributed by atoms with van der Waals surface area (Å²) in [6.45, 7) is 1.05. The number of non-ortho nitro benzene ring substituents is 1. The van der Waals surface area contributed by atoms with Crippen LogP contribution in [0.3, 0.4) is 0 Å². The number of rotatable bonds is 20. The molecule has 222 valence electrons. The van der Waals surface area contributed by atoms with Crippen molar-refractivity contribution in [3.63, 3.8) is 0 Å². The Morgan fingerprint density at radius 3 is 2.07 bits per heavy atom. The molecule has 4 N–H and O–H groups in total. The molecule has 0 spiro atoms. The number of aliphatic carboxylic acids is 1. The number of hydrogen-bond donors (Lipinski definition) is 4. The van der Waals surface area contributed by atoms with Crippen LogP contribution in [0.1, 0.15) is 18.4 Å². The first kappa shape index (κ1) is 32.8. The molecule has 0 saturated heterocycles. The van der Waals surface area contributed by atoms with Crippen LogP contribution in [0.2, 0.25) is 0 Å². The van der Waals surface area contributed by atoms with Crippen molar-refractivity contribution in [3.8, 4) is 0 Å². The number of carbonyl (C=O) groups excluding carboxylic acids is 3. The maximum absolute atomic E-state index is 13.0. The summed E-state index contributed by atoms with van der Waals surface area (Å²) in [5.41, 5.74) is 1.03. The summed E-state index contributed by atoms with van der Waals surface area (Å²) in [4.78, 5) is 58.3. The molecule has 0 heterocycles. The molecule has 0 saturated carbocycles. The third-order valence-corrected chi connectivity index (χ3v) is 5.40. The lowest BCUT2D eigenvalue weighted by molar-refractivity contribution is -0.384. The van der Waals surface area contributed by atoms with Gasteiger partial charge in [0.2, 0.25) is 17.7 Å². The van der Waals surface area contributed by atoms with Gasteiger partial charge >= 0.3 is 5.97 Å². The van der Waals surface area contributed by atoms with Gasteiger partial charge < -0.3 is 35.3 Å². The molecule has 0 bridgehead atoms. The fraction of sp³-hybridized carbons (Fsp3) is 0.407. The zero-order chi connectivity index (χ0) is 29.9. The first-order valence-electron chi connectivity index (χ1n) is 12.8. The number of nitro groups is 1. The third-order valence-electron chi connectivity index (χ3n) is 5.40. The number of ether oxygens (including phenoxy) is 3. The number of amides is 3. The maximum atomic E-state index is 13.0. The molecule has 0 aliphatic carbocycles. The van der Waals surface area contributed by atoms with Gasteiger partial charge in [0.1, 0.15) is 12.6 Å². The minimum absolute atomic E-state index is 0.0900. The van der Waals surface area contributed by atoms with Crippen LogP contribution in [0.5, 0.6) is 0 Å².